The highest BCUT2D eigenvalue weighted by atomic mass is 35.5. The van der Waals surface area contributed by atoms with Crippen LogP contribution in [0.1, 0.15) is 24.3 Å². The normalized spacial score (nSPS) is 15.4. The lowest BCUT2D eigenvalue weighted by molar-refractivity contribution is -0.174. The lowest BCUT2D eigenvalue weighted by Gasteiger charge is -2.18. The van der Waals surface area contributed by atoms with Gasteiger partial charge >= 0.3 is 6.18 Å². The van der Waals surface area contributed by atoms with Crippen LogP contribution in [0.15, 0.2) is 30.3 Å². The minimum absolute atomic E-state index is 0.0577. The molecule has 0 aliphatic heterocycles. The van der Waals surface area contributed by atoms with Gasteiger partial charge in [-0.25, -0.2) is 0 Å². The molecule has 1 aromatic carbocycles. The first kappa shape index (κ1) is 15.3. The maximum absolute atomic E-state index is 11.9. The Hall–Kier alpha value is -0.740. The van der Waals surface area contributed by atoms with E-state index in [1.165, 1.54) is 0 Å². The van der Waals surface area contributed by atoms with Crippen molar-refractivity contribution in [1.29, 1.82) is 0 Å². The number of benzene rings is 1. The average molecular weight is 281 g/mol. The van der Waals surface area contributed by atoms with Gasteiger partial charge in [-0.2, -0.15) is 13.2 Å². The Morgan fingerprint density at radius 2 is 1.83 bits per heavy atom. The van der Waals surface area contributed by atoms with Crippen LogP contribution in [0.4, 0.5) is 13.2 Å². The summed E-state index contributed by atoms with van der Waals surface area (Å²) in [5, 5.41) is -0.208. The molecule has 0 saturated carbocycles. The SMILES string of the molecule is CC(CCOCC(F)(F)F)C(Cl)c1ccccc1. The molecule has 5 heteroatoms. The van der Waals surface area contributed by atoms with Crippen LogP contribution in [0.5, 0.6) is 0 Å². The van der Waals surface area contributed by atoms with Gasteiger partial charge in [0.25, 0.3) is 0 Å². The van der Waals surface area contributed by atoms with E-state index in [4.69, 9.17) is 11.6 Å². The highest BCUT2D eigenvalue weighted by Crippen LogP contribution is 2.30. The summed E-state index contributed by atoms with van der Waals surface area (Å²) >= 11 is 6.25. The van der Waals surface area contributed by atoms with Gasteiger partial charge in [-0.3, -0.25) is 0 Å². The van der Waals surface area contributed by atoms with Gasteiger partial charge in [0.2, 0.25) is 0 Å². The van der Waals surface area contributed by atoms with Gasteiger partial charge in [-0.15, -0.1) is 11.6 Å². The van der Waals surface area contributed by atoms with Crippen molar-refractivity contribution in [2.24, 2.45) is 5.92 Å². The molecule has 0 aromatic heterocycles. The predicted octanol–water partition coefficient (Wildman–Crippen LogP) is 4.57. The summed E-state index contributed by atoms with van der Waals surface area (Å²) in [5.41, 5.74) is 0.975. The molecule has 0 N–H and O–H groups in total. The van der Waals surface area contributed by atoms with Crippen molar-refractivity contribution in [3.63, 3.8) is 0 Å². The van der Waals surface area contributed by atoms with E-state index in [1.54, 1.807) is 0 Å². The van der Waals surface area contributed by atoms with Crippen LogP contribution in [0.2, 0.25) is 0 Å². The van der Waals surface area contributed by atoms with E-state index in [0.29, 0.717) is 6.42 Å². The lowest BCUT2D eigenvalue weighted by atomic mass is 9.98. The monoisotopic (exact) mass is 280 g/mol. The van der Waals surface area contributed by atoms with Crippen LogP contribution >= 0.6 is 11.6 Å². The van der Waals surface area contributed by atoms with Crippen molar-refractivity contribution in [1.82, 2.24) is 0 Å². The summed E-state index contributed by atoms with van der Waals surface area (Å²) in [5.74, 6) is 0.0577. The number of hydrogen-bond donors (Lipinski definition) is 0. The standard InChI is InChI=1S/C13H16ClF3O/c1-10(7-8-18-9-13(15,16)17)12(14)11-5-3-2-4-6-11/h2-6,10,12H,7-9H2,1H3. The van der Waals surface area contributed by atoms with Crippen LogP contribution in [-0.2, 0) is 4.74 Å². The van der Waals surface area contributed by atoms with E-state index in [-0.39, 0.29) is 17.9 Å². The average Bonchev–Trinajstić information content (AvgIpc) is 2.33. The van der Waals surface area contributed by atoms with Crippen molar-refractivity contribution in [3.8, 4) is 0 Å². The molecular formula is C13H16ClF3O. The number of hydrogen-bond acceptors (Lipinski definition) is 1. The Bertz CT molecular complexity index is 340. The van der Waals surface area contributed by atoms with Crippen molar-refractivity contribution in [2.45, 2.75) is 24.9 Å². The van der Waals surface area contributed by atoms with Gasteiger partial charge in [-0.05, 0) is 17.9 Å². The lowest BCUT2D eigenvalue weighted by Crippen LogP contribution is -2.18. The van der Waals surface area contributed by atoms with E-state index < -0.39 is 12.8 Å². The van der Waals surface area contributed by atoms with Gasteiger partial charge in [0.05, 0.1) is 5.38 Å². The van der Waals surface area contributed by atoms with E-state index in [1.807, 2.05) is 37.3 Å². The second kappa shape index (κ2) is 7.00. The molecule has 0 radical (unpaired) electrons. The Morgan fingerprint density at radius 3 is 2.39 bits per heavy atom. The fourth-order valence-electron chi connectivity index (χ4n) is 1.57. The van der Waals surface area contributed by atoms with Crippen molar-refractivity contribution in [2.75, 3.05) is 13.2 Å². The molecule has 2 unspecified atom stereocenters. The van der Waals surface area contributed by atoms with Gasteiger partial charge < -0.3 is 4.74 Å². The molecule has 0 bridgehead atoms. The molecule has 0 aliphatic carbocycles. The minimum Gasteiger partial charge on any atom is -0.372 e. The Morgan fingerprint density at radius 1 is 1.22 bits per heavy atom. The summed E-state index contributed by atoms with van der Waals surface area (Å²) < 4.78 is 40.1. The van der Waals surface area contributed by atoms with Crippen molar-refractivity contribution < 1.29 is 17.9 Å². The molecule has 102 valence electrons. The zero-order chi connectivity index (χ0) is 13.6. The third-order valence-electron chi connectivity index (χ3n) is 2.60. The van der Waals surface area contributed by atoms with Crippen LogP contribution in [0.3, 0.4) is 0 Å². The van der Waals surface area contributed by atoms with E-state index in [0.717, 1.165) is 5.56 Å². The second-order valence-electron chi connectivity index (χ2n) is 4.25. The van der Waals surface area contributed by atoms with Gasteiger partial charge in [0, 0.05) is 6.61 Å². The fraction of sp³-hybridized carbons (Fsp3) is 0.538. The third kappa shape index (κ3) is 5.74. The zero-order valence-electron chi connectivity index (χ0n) is 10.1. The Labute approximate surface area is 110 Å². The smallest absolute Gasteiger partial charge is 0.372 e. The van der Waals surface area contributed by atoms with Crippen LogP contribution in [0, 0.1) is 5.92 Å². The molecule has 1 nitrogen and oxygen atoms in total. The molecule has 0 saturated heterocycles. The number of alkyl halides is 4. The minimum atomic E-state index is -4.26. The first-order valence-corrected chi connectivity index (χ1v) is 6.17. The molecule has 18 heavy (non-hydrogen) atoms. The first-order chi connectivity index (χ1) is 8.40. The number of rotatable bonds is 6. The van der Waals surface area contributed by atoms with E-state index in [9.17, 15) is 13.2 Å². The highest BCUT2D eigenvalue weighted by Gasteiger charge is 2.27. The molecule has 0 aliphatic rings. The predicted molar refractivity (Wildman–Crippen MR) is 65.7 cm³/mol. The fourth-order valence-corrected chi connectivity index (χ4v) is 1.84. The summed E-state index contributed by atoms with van der Waals surface area (Å²) in [6, 6.07) is 9.48. The van der Waals surface area contributed by atoms with E-state index >= 15 is 0 Å². The molecular weight excluding hydrogens is 265 g/mol. The summed E-state index contributed by atoms with van der Waals surface area (Å²) in [4.78, 5) is 0. The molecule has 0 fully saturated rings. The van der Waals surface area contributed by atoms with Crippen molar-refractivity contribution in [3.05, 3.63) is 35.9 Å². The summed E-state index contributed by atoms with van der Waals surface area (Å²) in [7, 11) is 0. The Kier molecular flexibility index (Phi) is 5.96. The van der Waals surface area contributed by atoms with Crippen LogP contribution in [-0.4, -0.2) is 19.4 Å². The third-order valence-corrected chi connectivity index (χ3v) is 3.28. The zero-order valence-corrected chi connectivity index (χ0v) is 10.8. The molecule has 0 amide bonds. The Balaban J connectivity index is 2.31. The molecule has 1 rings (SSSR count). The molecule has 2 atom stereocenters. The number of halogens is 4. The first-order valence-electron chi connectivity index (χ1n) is 5.73. The van der Waals surface area contributed by atoms with Gasteiger partial charge in [-0.1, -0.05) is 37.3 Å². The summed E-state index contributed by atoms with van der Waals surface area (Å²) in [6.45, 7) is 0.774. The second-order valence-corrected chi connectivity index (χ2v) is 4.72. The highest BCUT2D eigenvalue weighted by molar-refractivity contribution is 6.20. The largest absolute Gasteiger partial charge is 0.411 e. The van der Waals surface area contributed by atoms with E-state index in [2.05, 4.69) is 4.74 Å². The molecule has 0 spiro atoms. The maximum atomic E-state index is 11.9. The van der Waals surface area contributed by atoms with Crippen LogP contribution < -0.4 is 0 Å². The van der Waals surface area contributed by atoms with Crippen molar-refractivity contribution >= 4 is 11.6 Å². The molecule has 1 aromatic rings. The topological polar surface area (TPSA) is 9.23 Å². The number of ether oxygens (including phenoxy) is 1. The summed E-state index contributed by atoms with van der Waals surface area (Å²) in [6.07, 6.45) is -3.76. The maximum Gasteiger partial charge on any atom is 0.411 e. The molecule has 0 heterocycles. The van der Waals surface area contributed by atoms with Crippen LogP contribution in [0.25, 0.3) is 0 Å². The van der Waals surface area contributed by atoms with Gasteiger partial charge in [0.15, 0.2) is 0 Å². The van der Waals surface area contributed by atoms with Gasteiger partial charge in [0.1, 0.15) is 6.61 Å². The quantitative estimate of drug-likeness (QED) is 0.548.